The molecule has 0 amide bonds. The third kappa shape index (κ3) is 3.33. The van der Waals surface area contributed by atoms with Crippen LogP contribution in [0.15, 0.2) is 30.6 Å². The van der Waals surface area contributed by atoms with Crippen molar-refractivity contribution in [1.29, 1.82) is 0 Å². The van der Waals surface area contributed by atoms with Gasteiger partial charge in [-0.2, -0.15) is 5.10 Å². The third-order valence-electron chi connectivity index (χ3n) is 3.22. The minimum absolute atomic E-state index is 0.207. The normalized spacial score (nSPS) is 14.8. The second kappa shape index (κ2) is 5.31. The van der Waals surface area contributed by atoms with Gasteiger partial charge in [-0.3, -0.25) is 4.68 Å². The van der Waals surface area contributed by atoms with Gasteiger partial charge in [0.2, 0.25) is 0 Å². The summed E-state index contributed by atoms with van der Waals surface area (Å²) in [6.07, 6.45) is 5.74. The van der Waals surface area contributed by atoms with Crippen molar-refractivity contribution in [3.8, 4) is 0 Å². The Labute approximate surface area is 116 Å². The average molecular weight is 280 g/mol. The average Bonchev–Trinajstić information content (AvgIpc) is 3.13. The zero-order chi connectivity index (χ0) is 13.2. The molecule has 0 saturated heterocycles. The van der Waals surface area contributed by atoms with Gasteiger partial charge in [0.1, 0.15) is 5.82 Å². The van der Waals surface area contributed by atoms with Gasteiger partial charge in [-0.15, -0.1) is 0 Å². The summed E-state index contributed by atoms with van der Waals surface area (Å²) < 4.78 is 15.4. The first-order valence-corrected chi connectivity index (χ1v) is 6.77. The Morgan fingerprint density at radius 3 is 2.95 bits per heavy atom. The summed E-state index contributed by atoms with van der Waals surface area (Å²) in [6, 6.07) is 5.88. The van der Waals surface area contributed by atoms with E-state index in [0.29, 0.717) is 23.2 Å². The molecule has 5 heteroatoms. The van der Waals surface area contributed by atoms with Crippen molar-refractivity contribution < 1.29 is 4.39 Å². The molecule has 3 nitrogen and oxygen atoms in total. The van der Waals surface area contributed by atoms with E-state index in [9.17, 15) is 4.39 Å². The van der Waals surface area contributed by atoms with Crippen molar-refractivity contribution in [2.75, 3.05) is 0 Å². The monoisotopic (exact) mass is 279 g/mol. The summed E-state index contributed by atoms with van der Waals surface area (Å²) >= 11 is 5.80. The number of benzene rings is 1. The first-order valence-electron chi connectivity index (χ1n) is 6.39. The van der Waals surface area contributed by atoms with Gasteiger partial charge in [-0.1, -0.05) is 17.7 Å². The molecular formula is C14H15ClFN3. The third-order valence-corrected chi connectivity index (χ3v) is 3.41. The molecule has 3 rings (SSSR count). The molecule has 1 N–H and O–H groups in total. The van der Waals surface area contributed by atoms with Gasteiger partial charge in [-0.05, 0) is 30.5 Å². The van der Waals surface area contributed by atoms with Gasteiger partial charge >= 0.3 is 0 Å². The van der Waals surface area contributed by atoms with Crippen molar-refractivity contribution in [2.45, 2.75) is 32.0 Å². The fourth-order valence-corrected chi connectivity index (χ4v) is 2.16. The highest BCUT2D eigenvalue weighted by Gasteiger charge is 2.20. The maximum Gasteiger partial charge on any atom is 0.128 e. The molecule has 1 aromatic heterocycles. The van der Waals surface area contributed by atoms with E-state index in [-0.39, 0.29) is 5.82 Å². The number of halogens is 2. The zero-order valence-corrected chi connectivity index (χ0v) is 11.2. The van der Waals surface area contributed by atoms with Crippen LogP contribution in [-0.4, -0.2) is 15.8 Å². The van der Waals surface area contributed by atoms with Gasteiger partial charge in [0.15, 0.2) is 0 Å². The second-order valence-electron chi connectivity index (χ2n) is 4.94. The summed E-state index contributed by atoms with van der Waals surface area (Å²) in [4.78, 5) is 0. The first-order chi connectivity index (χ1) is 9.20. The highest BCUT2D eigenvalue weighted by Crippen LogP contribution is 2.20. The van der Waals surface area contributed by atoms with E-state index in [0.717, 1.165) is 12.1 Å². The molecule has 0 bridgehead atoms. The van der Waals surface area contributed by atoms with E-state index in [1.165, 1.54) is 18.9 Å². The largest absolute Gasteiger partial charge is 0.310 e. The van der Waals surface area contributed by atoms with Crippen molar-refractivity contribution in [2.24, 2.45) is 0 Å². The molecular weight excluding hydrogens is 265 g/mol. The van der Waals surface area contributed by atoms with Gasteiger partial charge in [0, 0.05) is 24.3 Å². The Morgan fingerprint density at radius 2 is 2.26 bits per heavy atom. The molecule has 1 aliphatic carbocycles. The predicted octanol–water partition coefficient (Wildman–Crippen LogP) is 2.98. The van der Waals surface area contributed by atoms with E-state index in [2.05, 4.69) is 10.4 Å². The number of nitrogens with one attached hydrogen (secondary N) is 1. The first kappa shape index (κ1) is 12.6. The van der Waals surface area contributed by atoms with Crippen LogP contribution < -0.4 is 5.32 Å². The Morgan fingerprint density at radius 1 is 1.42 bits per heavy atom. The number of rotatable bonds is 5. The minimum Gasteiger partial charge on any atom is -0.310 e. The number of aromatic nitrogens is 2. The van der Waals surface area contributed by atoms with Gasteiger partial charge in [0.05, 0.1) is 17.8 Å². The standard InChI is InChI=1S/C14H15ClFN3/c15-12-7-18-19(9-12)8-11-5-10(1-4-14(11)16)6-17-13-2-3-13/h1,4-5,7,9,13,17H,2-3,6,8H2. The summed E-state index contributed by atoms with van der Waals surface area (Å²) in [6.45, 7) is 1.19. The van der Waals surface area contributed by atoms with Crippen LogP contribution in [-0.2, 0) is 13.1 Å². The lowest BCUT2D eigenvalue weighted by Crippen LogP contribution is -2.15. The molecule has 0 atom stereocenters. The van der Waals surface area contributed by atoms with Crippen LogP contribution in [0.25, 0.3) is 0 Å². The lowest BCUT2D eigenvalue weighted by Gasteiger charge is -2.08. The van der Waals surface area contributed by atoms with Crippen molar-refractivity contribution in [3.63, 3.8) is 0 Å². The van der Waals surface area contributed by atoms with Crippen LogP contribution >= 0.6 is 11.6 Å². The maximum atomic E-state index is 13.8. The van der Waals surface area contributed by atoms with Crippen LogP contribution in [0, 0.1) is 5.82 Å². The SMILES string of the molecule is Fc1ccc(CNC2CC2)cc1Cn1cc(Cl)cn1. The van der Waals surface area contributed by atoms with Gasteiger partial charge in [0.25, 0.3) is 0 Å². The van der Waals surface area contributed by atoms with Crippen LogP contribution in [0.1, 0.15) is 24.0 Å². The fraction of sp³-hybridized carbons (Fsp3) is 0.357. The number of nitrogens with zero attached hydrogens (tertiary/aromatic N) is 2. The van der Waals surface area contributed by atoms with E-state index in [1.54, 1.807) is 17.1 Å². The highest BCUT2D eigenvalue weighted by molar-refractivity contribution is 6.30. The Bertz CT molecular complexity index is 578. The molecule has 19 heavy (non-hydrogen) atoms. The molecule has 2 aromatic rings. The van der Waals surface area contributed by atoms with E-state index in [4.69, 9.17) is 11.6 Å². The summed E-state index contributed by atoms with van der Waals surface area (Å²) in [5, 5.41) is 8.05. The molecule has 0 aliphatic heterocycles. The Kier molecular flexibility index (Phi) is 3.53. The second-order valence-corrected chi connectivity index (χ2v) is 5.37. The van der Waals surface area contributed by atoms with Crippen LogP contribution in [0.2, 0.25) is 5.02 Å². The van der Waals surface area contributed by atoms with Crippen LogP contribution in [0.4, 0.5) is 4.39 Å². The van der Waals surface area contributed by atoms with E-state index in [1.807, 2.05) is 12.1 Å². The molecule has 0 spiro atoms. The molecule has 0 unspecified atom stereocenters. The Hall–Kier alpha value is -1.39. The predicted molar refractivity (Wildman–Crippen MR) is 72.6 cm³/mol. The Balaban J connectivity index is 1.72. The lowest BCUT2D eigenvalue weighted by atomic mass is 10.1. The van der Waals surface area contributed by atoms with Crippen LogP contribution in [0.3, 0.4) is 0 Å². The summed E-state index contributed by atoms with van der Waals surface area (Å²) in [5.41, 5.74) is 1.73. The highest BCUT2D eigenvalue weighted by atomic mass is 35.5. The molecule has 1 aliphatic rings. The molecule has 1 aromatic carbocycles. The van der Waals surface area contributed by atoms with Crippen LogP contribution in [0.5, 0.6) is 0 Å². The van der Waals surface area contributed by atoms with Crippen molar-refractivity contribution in [1.82, 2.24) is 15.1 Å². The van der Waals surface area contributed by atoms with Gasteiger partial charge < -0.3 is 5.32 Å². The quantitative estimate of drug-likeness (QED) is 0.912. The number of hydrogen-bond donors (Lipinski definition) is 1. The topological polar surface area (TPSA) is 29.9 Å². The summed E-state index contributed by atoms with van der Waals surface area (Å²) in [7, 11) is 0. The molecule has 1 heterocycles. The molecule has 1 saturated carbocycles. The molecule has 0 radical (unpaired) electrons. The van der Waals surface area contributed by atoms with E-state index < -0.39 is 0 Å². The number of hydrogen-bond acceptors (Lipinski definition) is 2. The molecule has 1 fully saturated rings. The van der Waals surface area contributed by atoms with Gasteiger partial charge in [-0.25, -0.2) is 4.39 Å². The fourth-order valence-electron chi connectivity index (χ4n) is 2.01. The summed E-state index contributed by atoms with van der Waals surface area (Å²) in [5.74, 6) is -0.207. The smallest absolute Gasteiger partial charge is 0.128 e. The lowest BCUT2D eigenvalue weighted by molar-refractivity contribution is 0.582. The zero-order valence-electron chi connectivity index (χ0n) is 10.4. The van der Waals surface area contributed by atoms with E-state index >= 15 is 0 Å². The maximum absolute atomic E-state index is 13.8. The van der Waals surface area contributed by atoms with Crippen molar-refractivity contribution in [3.05, 3.63) is 52.6 Å². The van der Waals surface area contributed by atoms with Crippen molar-refractivity contribution >= 4 is 11.6 Å². The minimum atomic E-state index is -0.207. The molecule has 100 valence electrons.